The molecule has 2 N–H and O–H groups in total. The van der Waals surface area contributed by atoms with E-state index < -0.39 is 16.9 Å². The number of imidazole rings is 1. The largest absolute Gasteiger partial charge is 0.469 e. The van der Waals surface area contributed by atoms with Gasteiger partial charge in [-0.2, -0.15) is 4.98 Å². The number of anilines is 1. The number of aromatic amines is 1. The Morgan fingerprint density at radius 1 is 1.29 bits per heavy atom. The Kier molecular flexibility index (Phi) is 5.35. The first-order valence-corrected chi connectivity index (χ1v) is 10.5. The predicted octanol–water partition coefficient (Wildman–Crippen LogP) is 2.50. The van der Waals surface area contributed by atoms with E-state index in [2.05, 4.69) is 25.4 Å². The normalized spacial score (nSPS) is 15.4. The molecule has 2 aromatic carbocycles. The molecule has 1 amide bonds. The first-order valence-electron chi connectivity index (χ1n) is 10.5. The molecule has 0 spiro atoms. The second-order valence-electron chi connectivity index (χ2n) is 8.01. The lowest BCUT2D eigenvalue weighted by Gasteiger charge is -2.19. The van der Waals surface area contributed by atoms with E-state index in [-0.39, 0.29) is 29.7 Å². The maximum atomic E-state index is 12.7. The number of ether oxygens (including phenoxy) is 1. The number of nitro benzene ring substituents is 1. The Labute approximate surface area is 197 Å². The molecule has 1 aliphatic rings. The van der Waals surface area contributed by atoms with Gasteiger partial charge < -0.3 is 24.5 Å². The number of fused-ring (bicyclic) bond motifs is 2. The van der Waals surface area contributed by atoms with E-state index in [0.717, 1.165) is 5.56 Å². The first kappa shape index (κ1) is 22.0. The molecule has 1 aliphatic heterocycles. The second-order valence-corrected chi connectivity index (χ2v) is 8.01. The molecule has 3 heterocycles. The number of rotatable bonds is 5. The van der Waals surface area contributed by atoms with Crippen molar-refractivity contribution >= 4 is 34.3 Å². The van der Waals surface area contributed by atoms with E-state index in [1.54, 1.807) is 25.2 Å². The van der Waals surface area contributed by atoms with Gasteiger partial charge in [0.15, 0.2) is 5.82 Å². The van der Waals surface area contributed by atoms with Gasteiger partial charge in [-0.25, -0.2) is 4.98 Å². The minimum absolute atomic E-state index is 0.0580. The summed E-state index contributed by atoms with van der Waals surface area (Å²) in [6, 6.07) is 8.93. The number of esters is 1. The van der Waals surface area contributed by atoms with E-state index in [1.807, 2.05) is 6.07 Å². The first-order chi connectivity index (χ1) is 16.8. The summed E-state index contributed by atoms with van der Waals surface area (Å²) in [6.45, 7) is 0.316. The summed E-state index contributed by atoms with van der Waals surface area (Å²) in [4.78, 5) is 48.2. The quantitative estimate of drug-likeness (QED) is 0.247. The molecule has 0 bridgehead atoms. The highest BCUT2D eigenvalue weighted by atomic mass is 16.6. The Hall–Kier alpha value is -4.81. The maximum Gasteiger partial charge on any atom is 0.308 e. The number of likely N-dealkylation sites (N-methyl/N-ethyl adjacent to an activating group) is 1. The number of aromatic nitrogens is 4. The van der Waals surface area contributed by atoms with E-state index in [4.69, 9.17) is 9.26 Å². The van der Waals surface area contributed by atoms with Crippen LogP contribution in [0, 0.1) is 10.1 Å². The van der Waals surface area contributed by atoms with Crippen LogP contribution < -0.4 is 5.32 Å². The summed E-state index contributed by atoms with van der Waals surface area (Å²) in [7, 11) is 2.94. The fourth-order valence-electron chi connectivity index (χ4n) is 3.89. The van der Waals surface area contributed by atoms with Crippen molar-refractivity contribution in [1.82, 2.24) is 25.0 Å². The average Bonchev–Trinajstić information content (AvgIpc) is 3.48. The van der Waals surface area contributed by atoms with Crippen molar-refractivity contribution in [2.45, 2.75) is 19.0 Å². The lowest BCUT2D eigenvalue weighted by Crippen LogP contribution is -2.39. The molecular weight excluding hydrogens is 458 g/mol. The molecular formula is C22H19N7O6. The summed E-state index contributed by atoms with van der Waals surface area (Å²) in [6.07, 6.45) is -0.0887. The molecule has 0 radical (unpaired) electrons. The molecule has 0 unspecified atom stereocenters. The number of nitrogens with one attached hydrogen (secondary N) is 2. The van der Waals surface area contributed by atoms with Crippen LogP contribution in [0.4, 0.5) is 11.4 Å². The van der Waals surface area contributed by atoms with Gasteiger partial charge in [-0.15, -0.1) is 0 Å². The highest BCUT2D eigenvalue weighted by Crippen LogP contribution is 2.30. The highest BCUT2D eigenvalue weighted by molar-refractivity contribution is 5.90. The summed E-state index contributed by atoms with van der Waals surface area (Å²) in [5, 5.41) is 18.1. The summed E-state index contributed by atoms with van der Waals surface area (Å²) < 4.78 is 10.1. The van der Waals surface area contributed by atoms with E-state index >= 15 is 0 Å². The lowest BCUT2D eigenvalue weighted by atomic mass is 10.1. The third-order valence-electron chi connectivity index (χ3n) is 5.68. The number of carbonyl (C=O) groups excluding carboxylic acids is 2. The summed E-state index contributed by atoms with van der Waals surface area (Å²) in [5.41, 5.74) is 3.09. The van der Waals surface area contributed by atoms with Gasteiger partial charge in [0, 0.05) is 37.0 Å². The number of benzene rings is 2. The zero-order chi connectivity index (χ0) is 24.7. The summed E-state index contributed by atoms with van der Waals surface area (Å²) in [5.74, 6) is 0.0279. The number of hydrogen-bond donors (Lipinski definition) is 2. The topological polar surface area (TPSA) is 169 Å². The van der Waals surface area contributed by atoms with Gasteiger partial charge in [-0.1, -0.05) is 5.16 Å². The van der Waals surface area contributed by atoms with E-state index in [0.29, 0.717) is 34.7 Å². The molecule has 0 saturated carbocycles. The maximum absolute atomic E-state index is 12.7. The number of methoxy groups -OCH3 is 1. The van der Waals surface area contributed by atoms with Crippen molar-refractivity contribution in [1.29, 1.82) is 0 Å². The molecule has 5 rings (SSSR count). The van der Waals surface area contributed by atoms with Gasteiger partial charge in [-0.05, 0) is 29.8 Å². The number of H-pyrrole nitrogens is 1. The minimum Gasteiger partial charge on any atom is -0.469 e. The standard InChI is InChI=1S/C22H19N7O6/c1-28-10-12-7-11(3-5-14(12)23-17(22(28)31)9-18(30)34-2)21-26-20(27-35-21)19-24-15-6-4-13(29(32)33)8-16(15)25-19/h3-8,17,23H,9-10H2,1-2H3,(H,24,25)/t17-/m0/s1. The number of hydrogen-bond acceptors (Lipinski definition) is 10. The molecule has 1 atom stereocenters. The average molecular weight is 477 g/mol. The zero-order valence-electron chi connectivity index (χ0n) is 18.6. The number of carbonyl (C=O) groups is 2. The third-order valence-corrected chi connectivity index (χ3v) is 5.68. The van der Waals surface area contributed by atoms with Gasteiger partial charge in [0.05, 0.1) is 29.5 Å². The number of nitrogens with zero attached hydrogens (tertiary/aromatic N) is 5. The van der Waals surface area contributed by atoms with Crippen molar-refractivity contribution in [2.75, 3.05) is 19.5 Å². The number of amides is 1. The van der Waals surface area contributed by atoms with E-state index in [9.17, 15) is 19.7 Å². The molecule has 4 aromatic rings. The van der Waals surface area contributed by atoms with Crippen LogP contribution in [0.3, 0.4) is 0 Å². The van der Waals surface area contributed by atoms with Crippen LogP contribution in [0.25, 0.3) is 34.1 Å². The molecule has 2 aromatic heterocycles. The fourth-order valence-corrected chi connectivity index (χ4v) is 3.89. The van der Waals surface area contributed by atoms with Gasteiger partial charge >= 0.3 is 5.97 Å². The van der Waals surface area contributed by atoms with Crippen LogP contribution in [-0.2, 0) is 20.9 Å². The molecule has 13 nitrogen and oxygen atoms in total. The van der Waals surface area contributed by atoms with Crippen molar-refractivity contribution in [3.8, 4) is 23.1 Å². The van der Waals surface area contributed by atoms with Crippen LogP contribution in [-0.4, -0.2) is 62.0 Å². The predicted molar refractivity (Wildman–Crippen MR) is 122 cm³/mol. The SMILES string of the molecule is COC(=O)C[C@@H]1Nc2ccc(-c3nc(-c4nc5ccc([N+](=O)[O-])cc5[nH]4)no3)cc2CN(C)C1=O. The van der Waals surface area contributed by atoms with Crippen molar-refractivity contribution in [2.24, 2.45) is 0 Å². The Bertz CT molecular complexity index is 1480. The van der Waals surface area contributed by atoms with Gasteiger partial charge in [0.25, 0.3) is 11.6 Å². The van der Waals surface area contributed by atoms with E-state index in [1.165, 1.54) is 24.1 Å². The molecule has 0 fully saturated rings. The van der Waals surface area contributed by atoms with Gasteiger partial charge in [0.2, 0.25) is 11.7 Å². The molecule has 0 saturated heterocycles. The Balaban J connectivity index is 1.43. The van der Waals surface area contributed by atoms with Crippen molar-refractivity contribution in [3.05, 3.63) is 52.1 Å². The van der Waals surface area contributed by atoms with Crippen molar-refractivity contribution in [3.63, 3.8) is 0 Å². The van der Waals surface area contributed by atoms with Crippen LogP contribution in [0.15, 0.2) is 40.9 Å². The van der Waals surface area contributed by atoms with Crippen molar-refractivity contribution < 1.29 is 23.8 Å². The van der Waals surface area contributed by atoms with Crippen LogP contribution in [0.5, 0.6) is 0 Å². The summed E-state index contributed by atoms with van der Waals surface area (Å²) >= 11 is 0. The lowest BCUT2D eigenvalue weighted by molar-refractivity contribution is -0.384. The Morgan fingerprint density at radius 2 is 2.11 bits per heavy atom. The third kappa shape index (κ3) is 4.14. The molecule has 178 valence electrons. The molecule has 0 aliphatic carbocycles. The van der Waals surface area contributed by atoms with Gasteiger partial charge in [-0.3, -0.25) is 19.7 Å². The minimum atomic E-state index is -0.738. The Morgan fingerprint density at radius 3 is 2.89 bits per heavy atom. The van der Waals surface area contributed by atoms with Gasteiger partial charge in [0.1, 0.15) is 6.04 Å². The highest BCUT2D eigenvalue weighted by Gasteiger charge is 2.29. The van der Waals surface area contributed by atoms with Crippen LogP contribution in [0.2, 0.25) is 0 Å². The van der Waals surface area contributed by atoms with Crippen LogP contribution in [0.1, 0.15) is 12.0 Å². The number of nitro groups is 1. The molecule has 35 heavy (non-hydrogen) atoms. The smallest absolute Gasteiger partial charge is 0.308 e. The zero-order valence-corrected chi connectivity index (χ0v) is 18.6. The number of non-ortho nitro benzene ring substituents is 1. The van der Waals surface area contributed by atoms with Crippen LogP contribution >= 0.6 is 0 Å². The second kappa shape index (κ2) is 8.52. The fraction of sp³-hybridized carbons (Fsp3) is 0.227. The molecule has 13 heteroatoms. The monoisotopic (exact) mass is 477 g/mol.